The van der Waals surface area contributed by atoms with Crippen LogP contribution in [0.2, 0.25) is 0 Å². The van der Waals surface area contributed by atoms with Crippen molar-refractivity contribution in [2.24, 2.45) is 5.92 Å². The van der Waals surface area contributed by atoms with E-state index in [9.17, 15) is 0 Å². The van der Waals surface area contributed by atoms with Crippen molar-refractivity contribution in [1.29, 1.82) is 0 Å². The molecule has 1 heteroatoms. The molecule has 0 aromatic heterocycles. The Kier molecular flexibility index (Phi) is 3.81. The molecule has 14 heavy (non-hydrogen) atoms. The summed E-state index contributed by atoms with van der Waals surface area (Å²) >= 11 is 0. The molecule has 0 bridgehead atoms. The van der Waals surface area contributed by atoms with Crippen molar-refractivity contribution in [2.45, 2.75) is 44.6 Å². The molecule has 1 N–H and O–H groups in total. The monoisotopic (exact) mass is 191 g/mol. The van der Waals surface area contributed by atoms with Gasteiger partial charge in [-0.25, -0.2) is 0 Å². The highest BCUT2D eigenvalue weighted by Gasteiger charge is 2.13. The molecule has 0 aromatic carbocycles. The van der Waals surface area contributed by atoms with E-state index in [-0.39, 0.29) is 0 Å². The minimum Gasteiger partial charge on any atom is -0.313 e. The SMILES string of the molecule is C1=CCC(CNC2CC=CCC2)CC1. The predicted molar refractivity (Wildman–Crippen MR) is 61.3 cm³/mol. The fraction of sp³-hybridized carbons (Fsp3) is 0.692. The zero-order valence-corrected chi connectivity index (χ0v) is 8.91. The molecule has 2 unspecified atom stereocenters. The first-order valence-electron chi connectivity index (χ1n) is 5.98. The molecule has 0 amide bonds. The Morgan fingerprint density at radius 3 is 2.36 bits per heavy atom. The van der Waals surface area contributed by atoms with Gasteiger partial charge in [-0.3, -0.25) is 0 Å². The molecule has 0 aliphatic heterocycles. The van der Waals surface area contributed by atoms with E-state index < -0.39 is 0 Å². The Morgan fingerprint density at radius 2 is 1.71 bits per heavy atom. The van der Waals surface area contributed by atoms with Crippen LogP contribution in [0, 0.1) is 5.92 Å². The topological polar surface area (TPSA) is 12.0 Å². The van der Waals surface area contributed by atoms with E-state index in [1.165, 1.54) is 45.1 Å². The quantitative estimate of drug-likeness (QED) is 0.676. The van der Waals surface area contributed by atoms with Crippen LogP contribution in [0.25, 0.3) is 0 Å². The second-order valence-electron chi connectivity index (χ2n) is 4.54. The minimum absolute atomic E-state index is 0.755. The fourth-order valence-corrected chi connectivity index (χ4v) is 2.35. The van der Waals surface area contributed by atoms with Crippen molar-refractivity contribution in [3.63, 3.8) is 0 Å². The Hall–Kier alpha value is -0.560. The molecule has 0 saturated carbocycles. The Bertz CT molecular complexity index is 193. The van der Waals surface area contributed by atoms with Gasteiger partial charge in [-0.1, -0.05) is 24.3 Å². The number of hydrogen-bond acceptors (Lipinski definition) is 1. The molecular weight excluding hydrogens is 170 g/mol. The molecule has 2 atom stereocenters. The Morgan fingerprint density at radius 1 is 0.929 bits per heavy atom. The van der Waals surface area contributed by atoms with E-state index in [4.69, 9.17) is 0 Å². The molecule has 2 aliphatic rings. The van der Waals surface area contributed by atoms with Crippen LogP contribution in [0.4, 0.5) is 0 Å². The van der Waals surface area contributed by atoms with E-state index in [1.807, 2.05) is 0 Å². The van der Waals surface area contributed by atoms with Crippen LogP contribution in [0.1, 0.15) is 38.5 Å². The lowest BCUT2D eigenvalue weighted by Crippen LogP contribution is -2.34. The van der Waals surface area contributed by atoms with Crippen LogP contribution >= 0.6 is 0 Å². The Balaban J connectivity index is 1.66. The van der Waals surface area contributed by atoms with Crippen LogP contribution in [0.15, 0.2) is 24.3 Å². The van der Waals surface area contributed by atoms with E-state index in [2.05, 4.69) is 29.6 Å². The second-order valence-corrected chi connectivity index (χ2v) is 4.54. The Labute approximate surface area is 87.3 Å². The van der Waals surface area contributed by atoms with Crippen molar-refractivity contribution in [3.8, 4) is 0 Å². The highest BCUT2D eigenvalue weighted by molar-refractivity contribution is 4.94. The molecule has 1 nitrogen and oxygen atoms in total. The van der Waals surface area contributed by atoms with Gasteiger partial charge in [0.25, 0.3) is 0 Å². The third-order valence-corrected chi connectivity index (χ3v) is 3.34. The van der Waals surface area contributed by atoms with Gasteiger partial charge in [0.1, 0.15) is 0 Å². The maximum atomic E-state index is 3.71. The third kappa shape index (κ3) is 2.98. The summed E-state index contributed by atoms with van der Waals surface area (Å²) in [5.74, 6) is 0.894. The zero-order chi connectivity index (χ0) is 9.64. The maximum Gasteiger partial charge on any atom is 0.0105 e. The fourth-order valence-electron chi connectivity index (χ4n) is 2.35. The normalized spacial score (nSPS) is 32.0. The highest BCUT2D eigenvalue weighted by Crippen LogP contribution is 2.18. The number of allylic oxidation sites excluding steroid dienone is 3. The molecule has 0 radical (unpaired) electrons. The van der Waals surface area contributed by atoms with Gasteiger partial charge in [0.2, 0.25) is 0 Å². The van der Waals surface area contributed by atoms with E-state index in [1.54, 1.807) is 0 Å². The van der Waals surface area contributed by atoms with Gasteiger partial charge >= 0.3 is 0 Å². The van der Waals surface area contributed by atoms with Crippen molar-refractivity contribution in [3.05, 3.63) is 24.3 Å². The lowest BCUT2D eigenvalue weighted by Gasteiger charge is -2.24. The van der Waals surface area contributed by atoms with Crippen LogP contribution < -0.4 is 5.32 Å². The van der Waals surface area contributed by atoms with Crippen LogP contribution in [-0.4, -0.2) is 12.6 Å². The number of hydrogen-bond donors (Lipinski definition) is 1. The van der Waals surface area contributed by atoms with Crippen molar-refractivity contribution in [2.75, 3.05) is 6.54 Å². The zero-order valence-electron chi connectivity index (χ0n) is 8.91. The predicted octanol–water partition coefficient (Wildman–Crippen LogP) is 3.04. The van der Waals surface area contributed by atoms with E-state index in [0.29, 0.717) is 0 Å². The lowest BCUT2D eigenvalue weighted by molar-refractivity contribution is 0.387. The van der Waals surface area contributed by atoms with Gasteiger partial charge in [-0.15, -0.1) is 0 Å². The van der Waals surface area contributed by atoms with Crippen LogP contribution in [0.5, 0.6) is 0 Å². The van der Waals surface area contributed by atoms with Gasteiger partial charge in [0.15, 0.2) is 0 Å². The average molecular weight is 191 g/mol. The molecule has 2 rings (SSSR count). The standard InChI is InChI=1S/C13H21N/c1-3-7-12(8-4-1)11-14-13-9-5-2-6-10-13/h1-3,5,12-14H,4,6-11H2. The summed E-state index contributed by atoms with van der Waals surface area (Å²) < 4.78 is 0. The molecule has 0 spiro atoms. The van der Waals surface area contributed by atoms with E-state index >= 15 is 0 Å². The molecule has 0 fully saturated rings. The lowest BCUT2D eigenvalue weighted by atomic mass is 9.93. The highest BCUT2D eigenvalue weighted by atomic mass is 14.9. The van der Waals surface area contributed by atoms with Crippen LogP contribution in [-0.2, 0) is 0 Å². The molecule has 78 valence electrons. The van der Waals surface area contributed by atoms with Gasteiger partial charge < -0.3 is 5.32 Å². The van der Waals surface area contributed by atoms with Gasteiger partial charge in [0, 0.05) is 6.04 Å². The number of rotatable bonds is 3. The largest absolute Gasteiger partial charge is 0.313 e. The minimum atomic E-state index is 0.755. The number of nitrogens with one attached hydrogen (secondary N) is 1. The average Bonchev–Trinajstić information content (AvgIpc) is 2.29. The van der Waals surface area contributed by atoms with Crippen molar-refractivity contribution >= 4 is 0 Å². The van der Waals surface area contributed by atoms with Crippen LogP contribution in [0.3, 0.4) is 0 Å². The van der Waals surface area contributed by atoms with Gasteiger partial charge in [-0.2, -0.15) is 0 Å². The van der Waals surface area contributed by atoms with E-state index in [0.717, 1.165) is 12.0 Å². The third-order valence-electron chi connectivity index (χ3n) is 3.34. The van der Waals surface area contributed by atoms with Gasteiger partial charge in [-0.05, 0) is 51.0 Å². The van der Waals surface area contributed by atoms with Gasteiger partial charge in [0.05, 0.1) is 0 Å². The molecular formula is C13H21N. The summed E-state index contributed by atoms with van der Waals surface area (Å²) in [4.78, 5) is 0. The molecule has 0 heterocycles. The first-order valence-corrected chi connectivity index (χ1v) is 5.98. The summed E-state index contributed by atoms with van der Waals surface area (Å²) in [6.45, 7) is 1.23. The molecule has 2 aliphatic carbocycles. The summed E-state index contributed by atoms with van der Waals surface area (Å²) in [5, 5.41) is 3.71. The molecule has 0 saturated heterocycles. The van der Waals surface area contributed by atoms with Crippen molar-refractivity contribution < 1.29 is 0 Å². The second kappa shape index (κ2) is 5.35. The summed E-state index contributed by atoms with van der Waals surface area (Å²) in [6, 6.07) is 0.755. The van der Waals surface area contributed by atoms with Crippen molar-refractivity contribution in [1.82, 2.24) is 5.32 Å². The summed E-state index contributed by atoms with van der Waals surface area (Å²) in [6.07, 6.45) is 17.1. The molecule has 0 aromatic rings. The maximum absolute atomic E-state index is 3.71. The first kappa shape index (κ1) is 9.97. The smallest absolute Gasteiger partial charge is 0.0105 e. The summed E-state index contributed by atoms with van der Waals surface area (Å²) in [7, 11) is 0. The first-order chi connectivity index (χ1) is 6.95. The summed E-state index contributed by atoms with van der Waals surface area (Å²) in [5.41, 5.74) is 0.